The summed E-state index contributed by atoms with van der Waals surface area (Å²) in [6.45, 7) is 7.32. The first kappa shape index (κ1) is 25.6. The minimum absolute atomic E-state index is 0.195. The molecule has 4 aliphatic carbocycles. The van der Waals surface area contributed by atoms with E-state index >= 15 is 0 Å². The number of hydrogen-bond donors (Lipinski definition) is 2. The van der Waals surface area contributed by atoms with Gasteiger partial charge in [0.2, 0.25) is 0 Å². The summed E-state index contributed by atoms with van der Waals surface area (Å²) in [5.74, 6) is 2.01. The van der Waals surface area contributed by atoms with Crippen LogP contribution in [0.4, 0.5) is 8.78 Å². The number of benzene rings is 1. The van der Waals surface area contributed by atoms with Crippen molar-refractivity contribution in [1.82, 2.24) is 9.97 Å². The van der Waals surface area contributed by atoms with Crippen LogP contribution >= 0.6 is 0 Å². The van der Waals surface area contributed by atoms with Gasteiger partial charge in [0.1, 0.15) is 5.82 Å². The van der Waals surface area contributed by atoms with Gasteiger partial charge in [0.05, 0.1) is 17.7 Å². The Kier molecular flexibility index (Phi) is 6.38. The molecule has 202 valence electrons. The van der Waals surface area contributed by atoms with E-state index in [9.17, 15) is 19.0 Å². The Hall–Kier alpha value is -1.66. The fourth-order valence-corrected chi connectivity index (χ4v) is 9.92. The molecular formula is C31H42F2N2O2. The summed E-state index contributed by atoms with van der Waals surface area (Å²) in [4.78, 5) is 8.96. The summed E-state index contributed by atoms with van der Waals surface area (Å²) in [6.07, 6.45) is 11.4. The van der Waals surface area contributed by atoms with Crippen molar-refractivity contribution >= 4 is 10.9 Å². The van der Waals surface area contributed by atoms with Gasteiger partial charge < -0.3 is 10.2 Å². The highest BCUT2D eigenvalue weighted by molar-refractivity contribution is 5.77. The van der Waals surface area contributed by atoms with E-state index in [4.69, 9.17) is 0 Å². The molecule has 6 heteroatoms. The third-order valence-electron chi connectivity index (χ3n) is 11.9. The van der Waals surface area contributed by atoms with Crippen LogP contribution in [0.25, 0.3) is 10.9 Å². The van der Waals surface area contributed by atoms with Crippen LogP contribution in [0.5, 0.6) is 0 Å². The predicted molar refractivity (Wildman–Crippen MR) is 140 cm³/mol. The van der Waals surface area contributed by atoms with Gasteiger partial charge in [-0.15, -0.1) is 0 Å². The van der Waals surface area contributed by atoms with Crippen LogP contribution < -0.4 is 0 Å². The van der Waals surface area contributed by atoms with Crippen LogP contribution in [0.1, 0.15) is 84.4 Å². The van der Waals surface area contributed by atoms with Gasteiger partial charge in [-0.05, 0) is 110 Å². The van der Waals surface area contributed by atoms with Gasteiger partial charge >= 0.3 is 0 Å². The molecule has 6 rings (SSSR count). The van der Waals surface area contributed by atoms with E-state index in [0.717, 1.165) is 50.7 Å². The molecule has 4 aliphatic rings. The molecule has 2 aromatic rings. The van der Waals surface area contributed by atoms with Crippen LogP contribution in [0.2, 0.25) is 0 Å². The maximum atomic E-state index is 13.7. The molecule has 4 nitrogen and oxygen atoms in total. The third kappa shape index (κ3) is 4.12. The van der Waals surface area contributed by atoms with Gasteiger partial charge in [0.15, 0.2) is 11.6 Å². The number of aliphatic hydroxyl groups is 2. The monoisotopic (exact) mass is 512 g/mol. The van der Waals surface area contributed by atoms with Crippen molar-refractivity contribution in [3.05, 3.63) is 35.8 Å². The fraction of sp³-hybridized carbons (Fsp3) is 0.742. The number of nitrogens with zero attached hydrogens (tertiary/aromatic N) is 2. The lowest BCUT2D eigenvalue weighted by Gasteiger charge is -2.62. The zero-order valence-corrected chi connectivity index (χ0v) is 22.5. The first-order valence-corrected chi connectivity index (χ1v) is 14.6. The van der Waals surface area contributed by atoms with Crippen LogP contribution in [0, 0.1) is 58.0 Å². The van der Waals surface area contributed by atoms with E-state index < -0.39 is 11.6 Å². The first-order valence-electron chi connectivity index (χ1n) is 14.6. The summed E-state index contributed by atoms with van der Waals surface area (Å²) in [5, 5.41) is 22.3. The molecule has 0 amide bonds. The lowest BCUT2D eigenvalue weighted by molar-refractivity contribution is -0.174. The van der Waals surface area contributed by atoms with Gasteiger partial charge in [0.25, 0.3) is 0 Å². The Labute approximate surface area is 219 Å². The Bertz CT molecular complexity index is 1180. The van der Waals surface area contributed by atoms with Crippen molar-refractivity contribution in [1.29, 1.82) is 0 Å². The zero-order chi connectivity index (χ0) is 26.1. The summed E-state index contributed by atoms with van der Waals surface area (Å²) >= 11 is 0. The maximum Gasteiger partial charge on any atom is 0.161 e. The molecule has 1 aromatic heterocycles. The number of aromatic nitrogens is 2. The van der Waals surface area contributed by atoms with Crippen molar-refractivity contribution in [2.45, 2.75) is 97.2 Å². The Balaban J connectivity index is 1.16. The average Bonchev–Trinajstić information content (AvgIpc) is 3.21. The van der Waals surface area contributed by atoms with E-state index in [2.05, 4.69) is 30.7 Å². The van der Waals surface area contributed by atoms with Gasteiger partial charge in [-0.2, -0.15) is 0 Å². The zero-order valence-electron chi connectivity index (χ0n) is 22.5. The Morgan fingerprint density at radius 2 is 1.70 bits per heavy atom. The summed E-state index contributed by atoms with van der Waals surface area (Å²) < 4.78 is 27.3. The lowest BCUT2D eigenvalue weighted by atomic mass is 9.43. The largest absolute Gasteiger partial charge is 0.393 e. The van der Waals surface area contributed by atoms with E-state index in [1.54, 1.807) is 6.20 Å². The Morgan fingerprint density at radius 1 is 0.973 bits per heavy atom. The first-order chi connectivity index (χ1) is 17.6. The second-order valence-corrected chi connectivity index (χ2v) is 13.6. The second-order valence-electron chi connectivity index (χ2n) is 13.6. The highest BCUT2D eigenvalue weighted by Gasteiger charge is 2.62. The summed E-state index contributed by atoms with van der Waals surface area (Å²) in [7, 11) is 0. The molecule has 0 saturated heterocycles. The van der Waals surface area contributed by atoms with Gasteiger partial charge in [-0.3, -0.25) is 0 Å². The molecule has 2 N–H and O–H groups in total. The molecule has 1 unspecified atom stereocenters. The van der Waals surface area contributed by atoms with E-state index in [1.807, 2.05) is 0 Å². The minimum atomic E-state index is -0.875. The van der Waals surface area contributed by atoms with Crippen molar-refractivity contribution in [3.63, 3.8) is 0 Å². The molecule has 4 saturated carbocycles. The molecule has 1 heterocycles. The number of rotatable bonds is 4. The maximum absolute atomic E-state index is 13.7. The number of halogens is 2. The van der Waals surface area contributed by atoms with E-state index in [1.165, 1.54) is 25.7 Å². The van der Waals surface area contributed by atoms with Crippen molar-refractivity contribution in [2.75, 3.05) is 0 Å². The normalized spacial score (nSPS) is 42.2. The molecule has 1 aromatic carbocycles. The topological polar surface area (TPSA) is 66.2 Å². The number of fused-ring (bicyclic) bond motifs is 6. The van der Waals surface area contributed by atoms with Gasteiger partial charge in [0, 0.05) is 24.1 Å². The molecule has 4 fully saturated rings. The standard InChI is InChI=1S/C31H42F2N2O2/c1-17(4-7-28-34-16-18-12-24(32)25(33)15-26(18)35-28)21-5-6-22-29-23(9-11-31(21,22)3)30(2)10-8-20(36)13-19(30)14-27(29)37/h12,15-17,19-23,27,29,36-37H,4-11,13-14H2,1-3H3/t17-,19+,20-,21-,22+,23?,27+,29+,30+,31-/m1/s1. The molecule has 0 aliphatic heterocycles. The third-order valence-corrected chi connectivity index (χ3v) is 11.9. The number of hydrogen-bond acceptors (Lipinski definition) is 4. The highest BCUT2D eigenvalue weighted by atomic mass is 19.2. The quantitative estimate of drug-likeness (QED) is 0.493. The molecule has 0 spiro atoms. The molecule has 0 bridgehead atoms. The predicted octanol–water partition coefficient (Wildman–Crippen LogP) is 6.47. The average molecular weight is 513 g/mol. The smallest absolute Gasteiger partial charge is 0.161 e. The highest BCUT2D eigenvalue weighted by Crippen LogP contribution is 2.68. The summed E-state index contributed by atoms with van der Waals surface area (Å²) in [6, 6.07) is 2.32. The van der Waals surface area contributed by atoms with Crippen molar-refractivity contribution in [3.8, 4) is 0 Å². The lowest BCUT2D eigenvalue weighted by Crippen LogP contribution is -2.58. The number of aryl methyl sites for hydroxylation is 1. The fourth-order valence-electron chi connectivity index (χ4n) is 9.92. The Morgan fingerprint density at radius 3 is 2.51 bits per heavy atom. The van der Waals surface area contributed by atoms with Crippen molar-refractivity contribution in [2.24, 2.45) is 46.3 Å². The molecule has 37 heavy (non-hydrogen) atoms. The minimum Gasteiger partial charge on any atom is -0.393 e. The molecule has 0 radical (unpaired) electrons. The molecular weight excluding hydrogens is 470 g/mol. The van der Waals surface area contributed by atoms with Gasteiger partial charge in [-0.1, -0.05) is 20.8 Å². The van der Waals surface area contributed by atoms with Crippen LogP contribution in [-0.2, 0) is 6.42 Å². The SMILES string of the molecule is C[C@H](CCc1ncc2cc(F)c(F)cc2n1)[C@H]1CC[C@H]2[C@H]3C(CC[C@]12C)[C@@]1(C)CC[C@@H](O)C[C@H]1C[C@@H]3O. The summed E-state index contributed by atoms with van der Waals surface area (Å²) in [5.41, 5.74) is 0.949. The van der Waals surface area contributed by atoms with E-state index in [-0.39, 0.29) is 23.0 Å². The van der Waals surface area contributed by atoms with Crippen LogP contribution in [-0.4, -0.2) is 32.4 Å². The van der Waals surface area contributed by atoms with Crippen molar-refractivity contribution < 1.29 is 19.0 Å². The number of aliphatic hydroxyl groups excluding tert-OH is 2. The van der Waals surface area contributed by atoms with Crippen LogP contribution in [0.3, 0.4) is 0 Å². The van der Waals surface area contributed by atoms with E-state index in [0.29, 0.717) is 52.2 Å². The molecule has 10 atom stereocenters. The van der Waals surface area contributed by atoms with Gasteiger partial charge in [-0.25, -0.2) is 18.7 Å². The second kappa shape index (κ2) is 9.22. The van der Waals surface area contributed by atoms with Crippen LogP contribution in [0.15, 0.2) is 18.3 Å².